The van der Waals surface area contributed by atoms with Crippen LogP contribution in [-0.2, 0) is 13.1 Å². The fraction of sp³-hybridized carbons (Fsp3) is 0.542. The summed E-state index contributed by atoms with van der Waals surface area (Å²) in [6, 6.07) is 8.64. The first-order valence-electron chi connectivity index (χ1n) is 11.6. The van der Waals surface area contributed by atoms with E-state index in [4.69, 9.17) is 9.97 Å². The van der Waals surface area contributed by atoms with Gasteiger partial charge in [0.15, 0.2) is 0 Å². The van der Waals surface area contributed by atoms with E-state index in [9.17, 15) is 0 Å². The molecule has 1 saturated carbocycles. The van der Waals surface area contributed by atoms with E-state index in [1.54, 1.807) is 0 Å². The molecular weight excluding hydrogens is 466 g/mol. The highest BCUT2D eigenvalue weighted by Gasteiger charge is 2.22. The van der Waals surface area contributed by atoms with Gasteiger partial charge in [-0.1, -0.05) is 12.1 Å². The Balaban J connectivity index is 1.30. The normalized spacial score (nSPS) is 18.8. The highest BCUT2D eigenvalue weighted by atomic mass is 79.9. The van der Waals surface area contributed by atoms with Crippen molar-refractivity contribution < 1.29 is 0 Å². The van der Waals surface area contributed by atoms with Crippen LogP contribution in [0.4, 0.5) is 11.8 Å². The van der Waals surface area contributed by atoms with E-state index in [0.29, 0.717) is 12.0 Å². The van der Waals surface area contributed by atoms with E-state index in [1.165, 1.54) is 18.5 Å². The van der Waals surface area contributed by atoms with E-state index >= 15 is 0 Å². The highest BCUT2D eigenvalue weighted by molar-refractivity contribution is 9.10. The zero-order valence-corrected chi connectivity index (χ0v) is 21.1. The molecule has 32 heavy (non-hydrogen) atoms. The standard InChI is InChI=1S/C24H34BrN7/c1-5-32-21(22(25)16(2)30-32)15-26-14-17-10-12-18(13-11-17)27-24-28-20-9-7-6-8-19(20)23(29-24)31(3)4/h6-9,17-18,26H,5,10-15H2,1-4H3,(H,27,28,29)/t17-,18+. The Hall–Kier alpha value is -2.19. The molecule has 8 heteroatoms. The van der Waals surface area contributed by atoms with Crippen molar-refractivity contribution in [2.24, 2.45) is 5.92 Å². The zero-order valence-electron chi connectivity index (χ0n) is 19.5. The van der Waals surface area contributed by atoms with Gasteiger partial charge in [-0.25, -0.2) is 4.98 Å². The number of halogens is 1. The summed E-state index contributed by atoms with van der Waals surface area (Å²) in [6.45, 7) is 6.98. The molecule has 2 aromatic heterocycles. The molecular formula is C24H34BrN7. The molecule has 1 aromatic carbocycles. The summed E-state index contributed by atoms with van der Waals surface area (Å²) >= 11 is 3.69. The van der Waals surface area contributed by atoms with Crippen LogP contribution in [0.3, 0.4) is 0 Å². The van der Waals surface area contributed by atoms with Gasteiger partial charge in [0.2, 0.25) is 5.95 Å². The summed E-state index contributed by atoms with van der Waals surface area (Å²) in [5.41, 5.74) is 3.29. The number of rotatable bonds is 8. The smallest absolute Gasteiger partial charge is 0.225 e. The minimum Gasteiger partial charge on any atom is -0.362 e. The number of aromatic nitrogens is 4. The maximum absolute atomic E-state index is 4.80. The van der Waals surface area contributed by atoms with Gasteiger partial charge in [0.25, 0.3) is 0 Å². The first kappa shape index (κ1) is 23.0. The lowest BCUT2D eigenvalue weighted by Gasteiger charge is -2.29. The number of nitrogens with one attached hydrogen (secondary N) is 2. The minimum atomic E-state index is 0.431. The van der Waals surface area contributed by atoms with Crippen LogP contribution < -0.4 is 15.5 Å². The Bertz CT molecular complexity index is 1050. The van der Waals surface area contributed by atoms with Gasteiger partial charge >= 0.3 is 0 Å². The first-order chi connectivity index (χ1) is 15.5. The summed E-state index contributed by atoms with van der Waals surface area (Å²) in [5.74, 6) is 2.41. The number of hydrogen-bond donors (Lipinski definition) is 2. The quantitative estimate of drug-likeness (QED) is 0.466. The Morgan fingerprint density at radius 1 is 1.12 bits per heavy atom. The number of benzene rings is 1. The van der Waals surface area contributed by atoms with Crippen LogP contribution in [0, 0.1) is 12.8 Å². The van der Waals surface area contributed by atoms with Gasteiger partial charge in [-0.15, -0.1) is 0 Å². The van der Waals surface area contributed by atoms with Crippen molar-refractivity contribution in [1.29, 1.82) is 0 Å². The van der Waals surface area contributed by atoms with Gasteiger partial charge in [-0.2, -0.15) is 10.1 Å². The van der Waals surface area contributed by atoms with Crippen molar-refractivity contribution in [3.63, 3.8) is 0 Å². The van der Waals surface area contributed by atoms with Gasteiger partial charge < -0.3 is 15.5 Å². The average molecular weight is 500 g/mol. The van der Waals surface area contributed by atoms with Crippen LogP contribution >= 0.6 is 15.9 Å². The average Bonchev–Trinajstić information content (AvgIpc) is 3.07. The third-order valence-electron chi connectivity index (χ3n) is 6.36. The fourth-order valence-corrected chi connectivity index (χ4v) is 5.02. The third kappa shape index (κ3) is 5.07. The van der Waals surface area contributed by atoms with Gasteiger partial charge in [-0.05, 0) is 80.1 Å². The number of anilines is 2. The van der Waals surface area contributed by atoms with Crippen molar-refractivity contribution in [3.8, 4) is 0 Å². The molecule has 2 heterocycles. The van der Waals surface area contributed by atoms with Crippen molar-refractivity contribution in [2.75, 3.05) is 30.9 Å². The Kier molecular flexibility index (Phi) is 7.30. The number of fused-ring (bicyclic) bond motifs is 1. The van der Waals surface area contributed by atoms with E-state index in [1.807, 2.05) is 26.2 Å². The number of para-hydroxylation sites is 1. The molecule has 0 radical (unpaired) electrons. The number of hydrogen-bond acceptors (Lipinski definition) is 6. The Morgan fingerprint density at radius 2 is 1.88 bits per heavy atom. The van der Waals surface area contributed by atoms with Crippen LogP contribution in [0.5, 0.6) is 0 Å². The molecule has 4 rings (SSSR count). The van der Waals surface area contributed by atoms with Gasteiger partial charge in [0.05, 0.1) is 21.4 Å². The van der Waals surface area contributed by atoms with Gasteiger partial charge in [0.1, 0.15) is 5.82 Å². The molecule has 0 saturated heterocycles. The summed E-state index contributed by atoms with van der Waals surface area (Å²) in [4.78, 5) is 11.6. The molecule has 1 aliphatic carbocycles. The second-order valence-corrected chi connectivity index (χ2v) is 9.73. The zero-order chi connectivity index (χ0) is 22.7. The molecule has 0 bridgehead atoms. The van der Waals surface area contributed by atoms with Gasteiger partial charge in [0, 0.05) is 38.6 Å². The summed E-state index contributed by atoms with van der Waals surface area (Å²) in [7, 11) is 4.06. The fourth-order valence-electron chi connectivity index (χ4n) is 4.59. The highest BCUT2D eigenvalue weighted by Crippen LogP contribution is 2.28. The van der Waals surface area contributed by atoms with E-state index in [-0.39, 0.29) is 0 Å². The van der Waals surface area contributed by atoms with Crippen molar-refractivity contribution in [2.45, 2.75) is 58.7 Å². The van der Waals surface area contributed by atoms with E-state index < -0.39 is 0 Å². The molecule has 0 atom stereocenters. The first-order valence-corrected chi connectivity index (χ1v) is 12.4. The molecule has 0 spiro atoms. The molecule has 7 nitrogen and oxygen atoms in total. The molecule has 0 unspecified atom stereocenters. The van der Waals surface area contributed by atoms with E-state index in [2.05, 4.69) is 67.2 Å². The van der Waals surface area contributed by atoms with Crippen molar-refractivity contribution in [3.05, 3.63) is 40.1 Å². The molecule has 0 aliphatic heterocycles. The number of nitrogens with zero attached hydrogens (tertiary/aromatic N) is 5. The molecule has 0 amide bonds. The molecule has 1 aliphatic rings. The summed E-state index contributed by atoms with van der Waals surface area (Å²) < 4.78 is 3.21. The summed E-state index contributed by atoms with van der Waals surface area (Å²) in [6.07, 6.45) is 4.73. The van der Waals surface area contributed by atoms with Crippen LogP contribution in [-0.4, -0.2) is 46.4 Å². The third-order valence-corrected chi connectivity index (χ3v) is 7.40. The predicted molar refractivity (Wildman–Crippen MR) is 135 cm³/mol. The lowest BCUT2D eigenvalue weighted by atomic mass is 9.86. The topological polar surface area (TPSA) is 70.9 Å². The maximum Gasteiger partial charge on any atom is 0.225 e. The lowest BCUT2D eigenvalue weighted by molar-refractivity contribution is 0.322. The summed E-state index contributed by atoms with van der Waals surface area (Å²) in [5, 5.41) is 12.9. The molecule has 172 valence electrons. The Morgan fingerprint density at radius 3 is 2.59 bits per heavy atom. The molecule has 1 fully saturated rings. The SMILES string of the molecule is CCn1nc(C)c(Br)c1CNC[C@H]1CC[C@@H](Nc2nc(N(C)C)c3ccccc3n2)CC1. The van der Waals surface area contributed by atoms with E-state index in [0.717, 1.165) is 65.3 Å². The van der Waals surface area contributed by atoms with Crippen LogP contribution in [0.15, 0.2) is 28.7 Å². The predicted octanol–water partition coefficient (Wildman–Crippen LogP) is 4.74. The molecule has 3 aromatic rings. The van der Waals surface area contributed by atoms with Crippen LogP contribution in [0.2, 0.25) is 0 Å². The van der Waals surface area contributed by atoms with Crippen molar-refractivity contribution >= 4 is 38.6 Å². The second-order valence-electron chi connectivity index (χ2n) is 8.94. The number of aryl methyl sites for hydroxylation is 2. The van der Waals surface area contributed by atoms with Crippen LogP contribution in [0.1, 0.15) is 44.0 Å². The lowest BCUT2D eigenvalue weighted by Crippen LogP contribution is -2.32. The largest absolute Gasteiger partial charge is 0.362 e. The molecule has 2 N–H and O–H groups in total. The second kappa shape index (κ2) is 10.2. The van der Waals surface area contributed by atoms with Crippen molar-refractivity contribution in [1.82, 2.24) is 25.1 Å². The Labute approximate surface area is 199 Å². The monoisotopic (exact) mass is 499 g/mol. The van der Waals surface area contributed by atoms with Crippen LogP contribution in [0.25, 0.3) is 10.9 Å². The minimum absolute atomic E-state index is 0.431. The van der Waals surface area contributed by atoms with Gasteiger partial charge in [-0.3, -0.25) is 4.68 Å². The maximum atomic E-state index is 4.80.